The lowest BCUT2D eigenvalue weighted by molar-refractivity contribution is 0.505. The molecule has 2 N–H and O–H groups in total. The Bertz CT molecular complexity index is 72.4. The van der Waals surface area contributed by atoms with Crippen molar-refractivity contribution in [3.8, 4) is 0 Å². The van der Waals surface area contributed by atoms with Gasteiger partial charge in [-0.1, -0.05) is 17.7 Å². The SMILES string of the molecule is CC=C(N)Cl.CN(C)C. The molecule has 0 amide bonds. The Hall–Kier alpha value is -0.210. The van der Waals surface area contributed by atoms with Crippen molar-refractivity contribution in [3.05, 3.63) is 11.2 Å². The van der Waals surface area contributed by atoms with Gasteiger partial charge in [0.15, 0.2) is 0 Å². The molecule has 0 saturated heterocycles. The molecular formula is C6H15ClN2. The van der Waals surface area contributed by atoms with Crippen LogP contribution in [0.4, 0.5) is 0 Å². The lowest BCUT2D eigenvalue weighted by atomic mass is 10.7. The van der Waals surface area contributed by atoms with Crippen molar-refractivity contribution in [2.75, 3.05) is 21.1 Å². The molecule has 56 valence electrons. The van der Waals surface area contributed by atoms with Gasteiger partial charge in [-0.25, -0.2) is 0 Å². The van der Waals surface area contributed by atoms with Crippen molar-refractivity contribution in [3.63, 3.8) is 0 Å². The normalized spacial score (nSPS) is 10.7. The van der Waals surface area contributed by atoms with Gasteiger partial charge in [-0.2, -0.15) is 0 Å². The van der Waals surface area contributed by atoms with E-state index in [4.69, 9.17) is 17.3 Å². The van der Waals surface area contributed by atoms with Gasteiger partial charge in [0.1, 0.15) is 0 Å². The molecule has 0 aliphatic heterocycles. The van der Waals surface area contributed by atoms with E-state index in [1.54, 1.807) is 13.0 Å². The van der Waals surface area contributed by atoms with E-state index in [1.807, 2.05) is 26.0 Å². The number of allylic oxidation sites excluding steroid dienone is 1. The van der Waals surface area contributed by atoms with Crippen LogP contribution < -0.4 is 5.73 Å². The summed E-state index contributed by atoms with van der Waals surface area (Å²) in [6, 6.07) is 0. The fraction of sp³-hybridized carbons (Fsp3) is 0.667. The van der Waals surface area contributed by atoms with Crippen LogP contribution in [-0.2, 0) is 0 Å². The molecule has 0 bridgehead atoms. The summed E-state index contributed by atoms with van der Waals surface area (Å²) >= 11 is 5.10. The first-order valence-corrected chi connectivity index (χ1v) is 3.06. The highest BCUT2D eigenvalue weighted by molar-refractivity contribution is 6.28. The molecule has 0 spiro atoms. The van der Waals surface area contributed by atoms with Crippen LogP contribution in [0, 0.1) is 0 Å². The van der Waals surface area contributed by atoms with Crippen molar-refractivity contribution >= 4 is 11.6 Å². The smallest absolute Gasteiger partial charge is 0.0948 e. The van der Waals surface area contributed by atoms with E-state index in [0.717, 1.165) is 0 Å². The number of hydrogen-bond acceptors (Lipinski definition) is 2. The average Bonchev–Trinajstić information content (AvgIpc) is 1.65. The third kappa shape index (κ3) is 81.5. The summed E-state index contributed by atoms with van der Waals surface area (Å²) in [5, 5.41) is 0.352. The average molecular weight is 151 g/mol. The van der Waals surface area contributed by atoms with E-state index < -0.39 is 0 Å². The zero-order chi connectivity index (χ0) is 7.86. The number of rotatable bonds is 0. The van der Waals surface area contributed by atoms with Gasteiger partial charge in [0, 0.05) is 0 Å². The van der Waals surface area contributed by atoms with E-state index in [-0.39, 0.29) is 0 Å². The third-order valence-corrected chi connectivity index (χ3v) is 0.494. The van der Waals surface area contributed by atoms with Crippen molar-refractivity contribution in [2.24, 2.45) is 5.73 Å². The summed E-state index contributed by atoms with van der Waals surface area (Å²) in [6.07, 6.45) is 1.63. The van der Waals surface area contributed by atoms with Gasteiger partial charge in [0.05, 0.1) is 5.16 Å². The highest BCUT2D eigenvalue weighted by Crippen LogP contribution is 1.84. The van der Waals surface area contributed by atoms with Crippen molar-refractivity contribution in [1.29, 1.82) is 0 Å². The van der Waals surface area contributed by atoms with Crippen molar-refractivity contribution in [1.82, 2.24) is 4.90 Å². The first-order valence-electron chi connectivity index (χ1n) is 2.69. The van der Waals surface area contributed by atoms with Crippen LogP contribution in [0.3, 0.4) is 0 Å². The molecule has 0 aromatic carbocycles. The van der Waals surface area contributed by atoms with Crippen LogP contribution in [0.15, 0.2) is 11.2 Å². The predicted molar refractivity (Wildman–Crippen MR) is 43.4 cm³/mol. The lowest BCUT2D eigenvalue weighted by Crippen LogP contribution is -1.99. The molecule has 0 saturated carbocycles. The lowest BCUT2D eigenvalue weighted by Gasteiger charge is -1.90. The van der Waals surface area contributed by atoms with Gasteiger partial charge < -0.3 is 10.6 Å². The van der Waals surface area contributed by atoms with E-state index >= 15 is 0 Å². The summed E-state index contributed by atoms with van der Waals surface area (Å²) in [6.45, 7) is 1.78. The maximum atomic E-state index is 5.10. The van der Waals surface area contributed by atoms with Crippen molar-refractivity contribution in [2.45, 2.75) is 6.92 Å². The van der Waals surface area contributed by atoms with Crippen LogP contribution in [0.2, 0.25) is 0 Å². The Kier molecular flexibility index (Phi) is 10.0. The standard InChI is InChI=1S/C3H6ClN.C3H9N/c1-2-3(4)5;1-4(2)3/h2H,5H2,1H3;1-3H3. The summed E-state index contributed by atoms with van der Waals surface area (Å²) in [5.41, 5.74) is 4.92. The maximum absolute atomic E-state index is 5.10. The van der Waals surface area contributed by atoms with Crippen LogP contribution in [0.25, 0.3) is 0 Å². The monoisotopic (exact) mass is 150 g/mol. The fourth-order valence-electron chi connectivity index (χ4n) is 0. The Morgan fingerprint density at radius 3 is 1.56 bits per heavy atom. The number of nitrogens with zero attached hydrogens (tertiary/aromatic N) is 1. The second-order valence-corrected chi connectivity index (χ2v) is 2.45. The van der Waals surface area contributed by atoms with Crippen LogP contribution in [0.1, 0.15) is 6.92 Å². The molecule has 0 aliphatic carbocycles. The second-order valence-electron chi connectivity index (χ2n) is 2.02. The van der Waals surface area contributed by atoms with Crippen LogP contribution in [0.5, 0.6) is 0 Å². The summed E-state index contributed by atoms with van der Waals surface area (Å²) in [5.74, 6) is 0. The minimum atomic E-state index is 0.352. The zero-order valence-electron chi connectivity index (χ0n) is 6.48. The first kappa shape index (κ1) is 11.6. The quantitative estimate of drug-likeness (QED) is 0.527. The van der Waals surface area contributed by atoms with Gasteiger partial charge in [-0.15, -0.1) is 0 Å². The molecule has 0 aromatic heterocycles. The molecular weight excluding hydrogens is 136 g/mol. The molecule has 0 aromatic rings. The largest absolute Gasteiger partial charge is 0.390 e. The number of hydrogen-bond donors (Lipinski definition) is 1. The first-order chi connectivity index (χ1) is 4.00. The topological polar surface area (TPSA) is 29.3 Å². The summed E-state index contributed by atoms with van der Waals surface area (Å²) < 4.78 is 0. The zero-order valence-corrected chi connectivity index (χ0v) is 7.24. The fourth-order valence-corrected chi connectivity index (χ4v) is 0. The molecule has 0 radical (unpaired) electrons. The molecule has 0 fully saturated rings. The second kappa shape index (κ2) is 7.79. The van der Waals surface area contributed by atoms with Gasteiger partial charge >= 0.3 is 0 Å². The highest BCUT2D eigenvalue weighted by Gasteiger charge is 1.64. The predicted octanol–water partition coefficient (Wildman–Crippen LogP) is 1.22. The molecule has 0 atom stereocenters. The van der Waals surface area contributed by atoms with Gasteiger partial charge in [-0.05, 0) is 28.1 Å². The van der Waals surface area contributed by atoms with Crippen LogP contribution in [-0.4, -0.2) is 26.0 Å². The minimum absolute atomic E-state index is 0.352. The van der Waals surface area contributed by atoms with E-state index in [0.29, 0.717) is 5.16 Å². The molecule has 0 unspecified atom stereocenters. The molecule has 2 nitrogen and oxygen atoms in total. The van der Waals surface area contributed by atoms with Crippen molar-refractivity contribution < 1.29 is 0 Å². The summed E-state index contributed by atoms with van der Waals surface area (Å²) in [7, 11) is 6.00. The Morgan fingerprint density at radius 1 is 1.44 bits per heavy atom. The van der Waals surface area contributed by atoms with E-state index in [2.05, 4.69) is 0 Å². The Morgan fingerprint density at radius 2 is 1.56 bits per heavy atom. The Labute approximate surface area is 62.3 Å². The molecule has 9 heavy (non-hydrogen) atoms. The van der Waals surface area contributed by atoms with E-state index in [1.165, 1.54) is 0 Å². The summed E-state index contributed by atoms with van der Waals surface area (Å²) in [4.78, 5) is 2.00. The minimum Gasteiger partial charge on any atom is -0.390 e. The molecule has 0 aliphatic rings. The number of halogens is 1. The maximum Gasteiger partial charge on any atom is 0.0948 e. The molecule has 0 heterocycles. The third-order valence-electron chi connectivity index (χ3n) is 0.276. The van der Waals surface area contributed by atoms with Crippen LogP contribution >= 0.6 is 11.6 Å². The van der Waals surface area contributed by atoms with Gasteiger partial charge in [0.25, 0.3) is 0 Å². The molecule has 0 rings (SSSR count). The number of nitrogens with two attached hydrogens (primary N) is 1. The van der Waals surface area contributed by atoms with Gasteiger partial charge in [0.2, 0.25) is 0 Å². The van der Waals surface area contributed by atoms with E-state index in [9.17, 15) is 0 Å². The highest BCUT2D eigenvalue weighted by atomic mass is 35.5. The Balaban J connectivity index is 0. The van der Waals surface area contributed by atoms with Gasteiger partial charge in [-0.3, -0.25) is 0 Å². The molecule has 3 heteroatoms.